The lowest BCUT2D eigenvalue weighted by atomic mass is 10.1. The first-order valence-electron chi connectivity index (χ1n) is 9.75. The number of nitrogens with one attached hydrogen (secondary N) is 3. The molecule has 1 aromatic carbocycles. The molecule has 0 unspecified atom stereocenters. The molecule has 0 radical (unpaired) electrons. The fourth-order valence-corrected chi connectivity index (χ4v) is 5.42. The lowest BCUT2D eigenvalue weighted by molar-refractivity contribution is -0.124. The summed E-state index contributed by atoms with van der Waals surface area (Å²) in [7, 11) is -0.151. The number of hydrogen-bond acceptors (Lipinski definition) is 6. The molecule has 1 saturated heterocycles. The van der Waals surface area contributed by atoms with Crippen molar-refractivity contribution in [1.29, 1.82) is 5.41 Å². The van der Waals surface area contributed by atoms with Gasteiger partial charge in [0.25, 0.3) is 0 Å². The highest BCUT2D eigenvalue weighted by atomic mass is 35.5. The van der Waals surface area contributed by atoms with E-state index in [1.807, 2.05) is 19.0 Å². The molecule has 2 heterocycles. The summed E-state index contributed by atoms with van der Waals surface area (Å²) < 4.78 is 28.0. The topological polar surface area (TPSA) is 145 Å². The summed E-state index contributed by atoms with van der Waals surface area (Å²) in [6.07, 6.45) is 2.46. The van der Waals surface area contributed by atoms with Crippen LogP contribution in [0.1, 0.15) is 12.8 Å². The number of sulfonamides is 1. The number of guanidine groups is 1. The zero-order valence-corrected chi connectivity index (χ0v) is 18.9. The summed E-state index contributed by atoms with van der Waals surface area (Å²) in [5.74, 6) is -0.408. The van der Waals surface area contributed by atoms with Gasteiger partial charge in [0.1, 0.15) is 11.9 Å². The molecule has 0 spiro atoms. The number of aromatic nitrogens is 1. The van der Waals surface area contributed by atoms with Crippen LogP contribution >= 0.6 is 11.6 Å². The molecular weight excluding hydrogens is 442 g/mol. The first kappa shape index (κ1) is 23.2. The summed E-state index contributed by atoms with van der Waals surface area (Å²) in [5.41, 5.74) is 5.41. The summed E-state index contributed by atoms with van der Waals surface area (Å²) in [6.45, 7) is 1.37. The number of nitrogens with two attached hydrogens (primary N) is 1. The summed E-state index contributed by atoms with van der Waals surface area (Å²) >= 11 is 6.20. The number of carbonyl (C=O) groups excluding carboxylic acids is 1. The fourth-order valence-electron chi connectivity index (χ4n) is 3.52. The molecule has 5 N–H and O–H groups in total. The molecule has 1 aliphatic heterocycles. The summed E-state index contributed by atoms with van der Waals surface area (Å²) in [6, 6.07) is 3.73. The van der Waals surface area contributed by atoms with Crippen LogP contribution in [0.15, 0.2) is 29.3 Å². The SMILES string of the molecule is CN(C)CCNC(=O)[C@H]1CCCN1S(=O)(=O)c1ccc2c(Cl)cnc(NC(=N)N)c2c1. The molecule has 168 valence electrons. The van der Waals surface area contributed by atoms with Gasteiger partial charge in [-0.05, 0) is 39.1 Å². The van der Waals surface area contributed by atoms with Gasteiger partial charge in [-0.25, -0.2) is 13.4 Å². The zero-order chi connectivity index (χ0) is 22.8. The van der Waals surface area contributed by atoms with Gasteiger partial charge in [0.2, 0.25) is 15.9 Å². The quantitative estimate of drug-likeness (QED) is 0.351. The van der Waals surface area contributed by atoms with Crippen LogP contribution in [0.4, 0.5) is 5.82 Å². The van der Waals surface area contributed by atoms with Crippen molar-refractivity contribution in [2.75, 3.05) is 39.0 Å². The first-order valence-corrected chi connectivity index (χ1v) is 11.6. The number of halogens is 1. The van der Waals surface area contributed by atoms with Gasteiger partial charge in [0, 0.05) is 36.6 Å². The van der Waals surface area contributed by atoms with Gasteiger partial charge in [-0.3, -0.25) is 10.2 Å². The van der Waals surface area contributed by atoms with E-state index in [-0.39, 0.29) is 29.1 Å². The van der Waals surface area contributed by atoms with Gasteiger partial charge in [0.05, 0.1) is 9.92 Å². The highest BCUT2D eigenvalue weighted by molar-refractivity contribution is 7.89. The molecule has 2 aromatic rings. The molecule has 12 heteroatoms. The number of carbonyl (C=O) groups is 1. The number of anilines is 1. The van der Waals surface area contributed by atoms with Crippen molar-refractivity contribution in [3.63, 3.8) is 0 Å². The van der Waals surface area contributed by atoms with E-state index in [9.17, 15) is 13.2 Å². The van der Waals surface area contributed by atoms with Gasteiger partial charge < -0.3 is 21.3 Å². The van der Waals surface area contributed by atoms with Crippen molar-refractivity contribution in [3.8, 4) is 0 Å². The van der Waals surface area contributed by atoms with E-state index in [1.165, 1.54) is 22.6 Å². The van der Waals surface area contributed by atoms with Gasteiger partial charge in [-0.2, -0.15) is 4.31 Å². The number of nitrogens with zero attached hydrogens (tertiary/aromatic N) is 3. The molecule has 1 aliphatic rings. The highest BCUT2D eigenvalue weighted by Gasteiger charge is 2.39. The number of pyridine rings is 1. The van der Waals surface area contributed by atoms with E-state index in [2.05, 4.69) is 15.6 Å². The summed E-state index contributed by atoms with van der Waals surface area (Å²) in [5, 5.41) is 14.2. The van der Waals surface area contributed by atoms with Crippen molar-refractivity contribution >= 4 is 50.1 Å². The van der Waals surface area contributed by atoms with Gasteiger partial charge >= 0.3 is 0 Å². The predicted molar refractivity (Wildman–Crippen MR) is 121 cm³/mol. The van der Waals surface area contributed by atoms with Crippen LogP contribution in [-0.2, 0) is 14.8 Å². The second kappa shape index (κ2) is 9.35. The maximum absolute atomic E-state index is 13.4. The van der Waals surface area contributed by atoms with Gasteiger partial charge in [0.15, 0.2) is 5.96 Å². The Hall–Kier alpha value is -2.47. The van der Waals surface area contributed by atoms with Crippen LogP contribution < -0.4 is 16.4 Å². The van der Waals surface area contributed by atoms with Crippen LogP contribution in [-0.4, -0.2) is 74.2 Å². The Morgan fingerprint density at radius 1 is 1.39 bits per heavy atom. The monoisotopic (exact) mass is 467 g/mol. The highest BCUT2D eigenvalue weighted by Crippen LogP contribution is 2.32. The third-order valence-corrected chi connectivity index (χ3v) is 7.24. The fraction of sp³-hybridized carbons (Fsp3) is 0.421. The lowest BCUT2D eigenvalue weighted by Gasteiger charge is -2.24. The number of rotatable bonds is 7. The van der Waals surface area contributed by atoms with Crippen molar-refractivity contribution < 1.29 is 13.2 Å². The number of hydrogen-bond donors (Lipinski definition) is 4. The molecular formula is C19H26ClN7O3S. The van der Waals surface area contributed by atoms with Gasteiger partial charge in [-0.1, -0.05) is 17.7 Å². The second-order valence-corrected chi connectivity index (χ2v) is 9.87. The Bertz CT molecular complexity index is 1110. The third kappa shape index (κ3) is 5.06. The van der Waals surface area contributed by atoms with Crippen LogP contribution in [0.5, 0.6) is 0 Å². The Morgan fingerprint density at radius 2 is 2.13 bits per heavy atom. The minimum absolute atomic E-state index is 0.0173. The molecule has 31 heavy (non-hydrogen) atoms. The molecule has 3 rings (SSSR count). The molecule has 0 saturated carbocycles. The van der Waals surface area contributed by atoms with Crippen LogP contribution in [0, 0.1) is 5.41 Å². The average molecular weight is 468 g/mol. The normalized spacial score (nSPS) is 17.2. The third-order valence-electron chi connectivity index (χ3n) is 5.03. The molecule has 1 amide bonds. The van der Waals surface area contributed by atoms with E-state index in [4.69, 9.17) is 22.7 Å². The maximum atomic E-state index is 13.4. The Morgan fingerprint density at radius 3 is 2.81 bits per heavy atom. The maximum Gasteiger partial charge on any atom is 0.243 e. The Kier molecular flexibility index (Phi) is 6.99. The lowest BCUT2D eigenvalue weighted by Crippen LogP contribution is -2.47. The van der Waals surface area contributed by atoms with E-state index in [0.29, 0.717) is 41.7 Å². The van der Waals surface area contributed by atoms with Crippen molar-refractivity contribution in [2.24, 2.45) is 5.73 Å². The largest absolute Gasteiger partial charge is 0.370 e. The number of fused-ring (bicyclic) bond motifs is 1. The van der Waals surface area contributed by atoms with Crippen LogP contribution in [0.2, 0.25) is 5.02 Å². The Balaban J connectivity index is 1.93. The second-order valence-electron chi connectivity index (χ2n) is 7.57. The van der Waals surface area contributed by atoms with Crippen molar-refractivity contribution in [3.05, 3.63) is 29.4 Å². The molecule has 0 bridgehead atoms. The number of benzene rings is 1. The smallest absolute Gasteiger partial charge is 0.243 e. The molecule has 1 fully saturated rings. The van der Waals surface area contributed by atoms with Crippen molar-refractivity contribution in [1.82, 2.24) is 19.5 Å². The van der Waals surface area contributed by atoms with Crippen LogP contribution in [0.25, 0.3) is 10.8 Å². The van der Waals surface area contributed by atoms with Crippen LogP contribution in [0.3, 0.4) is 0 Å². The van der Waals surface area contributed by atoms with E-state index in [1.54, 1.807) is 6.07 Å². The van der Waals surface area contributed by atoms with E-state index in [0.717, 1.165) is 0 Å². The number of likely N-dealkylation sites (N-methyl/N-ethyl adjacent to an activating group) is 1. The van der Waals surface area contributed by atoms with Gasteiger partial charge in [-0.15, -0.1) is 0 Å². The standard InChI is InChI=1S/C19H26ClN7O3S/c1-26(2)9-7-23-18(28)16-4-3-8-27(16)31(29,30)12-5-6-13-14(10-12)17(25-19(21)22)24-11-15(13)20/h5-6,10-11,16H,3-4,7-9H2,1-2H3,(H,23,28)(H4,21,22,24,25)/t16-/m1/s1. The average Bonchev–Trinajstić information content (AvgIpc) is 3.20. The van der Waals surface area contributed by atoms with E-state index < -0.39 is 16.1 Å². The predicted octanol–water partition coefficient (Wildman–Crippen LogP) is 1.02. The van der Waals surface area contributed by atoms with E-state index >= 15 is 0 Å². The molecule has 0 aliphatic carbocycles. The number of amides is 1. The first-order chi connectivity index (χ1) is 14.6. The molecule has 1 aromatic heterocycles. The molecule has 10 nitrogen and oxygen atoms in total. The minimum Gasteiger partial charge on any atom is -0.370 e. The zero-order valence-electron chi connectivity index (χ0n) is 17.4. The Labute approximate surface area is 186 Å². The summed E-state index contributed by atoms with van der Waals surface area (Å²) in [4.78, 5) is 18.7. The molecule has 1 atom stereocenters. The van der Waals surface area contributed by atoms with Crippen molar-refractivity contribution in [2.45, 2.75) is 23.8 Å². The minimum atomic E-state index is -3.95.